The maximum absolute atomic E-state index is 12.3. The van der Waals surface area contributed by atoms with Crippen LogP contribution < -0.4 is 4.72 Å². The molecule has 0 aromatic heterocycles. The minimum absolute atomic E-state index is 0.0410. The van der Waals surface area contributed by atoms with Crippen LogP contribution in [-0.2, 0) is 16.4 Å². The Balaban J connectivity index is 3.25. The highest BCUT2D eigenvalue weighted by atomic mass is 32.2. The summed E-state index contributed by atoms with van der Waals surface area (Å²) in [4.78, 5) is 10.9. The number of nitriles is 1. The van der Waals surface area contributed by atoms with Crippen LogP contribution in [0.25, 0.3) is 0 Å². The molecule has 1 unspecified atom stereocenters. The second kappa shape index (κ2) is 6.50. The van der Waals surface area contributed by atoms with E-state index < -0.39 is 22.0 Å². The Labute approximate surface area is 118 Å². The van der Waals surface area contributed by atoms with Gasteiger partial charge in [0.25, 0.3) is 0 Å². The number of aromatic carboxylic acids is 1. The first-order chi connectivity index (χ1) is 9.31. The van der Waals surface area contributed by atoms with E-state index in [1.807, 2.05) is 6.07 Å². The highest BCUT2D eigenvalue weighted by Crippen LogP contribution is 2.19. The molecule has 0 spiro atoms. The van der Waals surface area contributed by atoms with Crippen molar-refractivity contribution < 1.29 is 18.3 Å². The number of hydrogen-bond donors (Lipinski definition) is 2. The van der Waals surface area contributed by atoms with Gasteiger partial charge in [0.05, 0.1) is 22.9 Å². The van der Waals surface area contributed by atoms with Crippen molar-refractivity contribution in [2.75, 3.05) is 0 Å². The van der Waals surface area contributed by atoms with Gasteiger partial charge in [-0.3, -0.25) is 0 Å². The SMILES string of the molecule is CCc1ccc(C(=O)O)cc1S(=O)(=O)NC(C)CC#N. The number of hydrogen-bond acceptors (Lipinski definition) is 4. The minimum atomic E-state index is -3.84. The molecule has 0 aliphatic carbocycles. The quantitative estimate of drug-likeness (QED) is 0.827. The lowest BCUT2D eigenvalue weighted by atomic mass is 10.1. The van der Waals surface area contributed by atoms with Gasteiger partial charge in [0.2, 0.25) is 10.0 Å². The van der Waals surface area contributed by atoms with Crippen molar-refractivity contribution in [3.8, 4) is 6.07 Å². The highest BCUT2D eigenvalue weighted by Gasteiger charge is 2.21. The third-order valence-corrected chi connectivity index (χ3v) is 4.41. The largest absolute Gasteiger partial charge is 0.478 e. The standard InChI is InChI=1S/C13H16N2O4S/c1-3-10-4-5-11(13(16)17)8-12(10)20(18,19)15-9(2)6-7-14/h4-5,8-9,15H,3,6H2,1-2H3,(H,16,17). The number of sulfonamides is 1. The Kier molecular flexibility index (Phi) is 5.25. The molecule has 2 N–H and O–H groups in total. The third kappa shape index (κ3) is 3.79. The zero-order valence-electron chi connectivity index (χ0n) is 11.3. The topological polar surface area (TPSA) is 107 Å². The van der Waals surface area contributed by atoms with E-state index in [2.05, 4.69) is 4.72 Å². The van der Waals surface area contributed by atoms with Gasteiger partial charge < -0.3 is 5.11 Å². The Hall–Kier alpha value is -1.91. The third-order valence-electron chi connectivity index (χ3n) is 2.74. The summed E-state index contributed by atoms with van der Waals surface area (Å²) in [7, 11) is -3.84. The number of rotatable bonds is 6. The normalized spacial score (nSPS) is 12.7. The predicted octanol–water partition coefficient (Wildman–Crippen LogP) is 1.53. The molecule has 20 heavy (non-hydrogen) atoms. The van der Waals surface area contributed by atoms with Crippen molar-refractivity contribution in [3.05, 3.63) is 29.3 Å². The number of aryl methyl sites for hydroxylation is 1. The van der Waals surface area contributed by atoms with Crippen molar-refractivity contribution in [1.82, 2.24) is 4.72 Å². The molecule has 0 radical (unpaired) electrons. The molecule has 0 aliphatic heterocycles. The lowest BCUT2D eigenvalue weighted by Crippen LogP contribution is -2.33. The fraction of sp³-hybridized carbons (Fsp3) is 0.385. The first-order valence-corrected chi connectivity index (χ1v) is 7.55. The van der Waals surface area contributed by atoms with Crippen molar-refractivity contribution in [2.45, 2.75) is 37.6 Å². The Morgan fingerprint density at radius 1 is 1.50 bits per heavy atom. The van der Waals surface area contributed by atoms with Gasteiger partial charge in [-0.15, -0.1) is 0 Å². The predicted molar refractivity (Wildman–Crippen MR) is 72.8 cm³/mol. The Morgan fingerprint density at radius 2 is 2.15 bits per heavy atom. The van der Waals surface area contributed by atoms with E-state index in [0.717, 1.165) is 6.07 Å². The Bertz CT molecular complexity index is 647. The number of carboxylic acid groups (broad SMARTS) is 1. The fourth-order valence-corrected chi connectivity index (χ4v) is 3.32. The van der Waals surface area contributed by atoms with E-state index in [4.69, 9.17) is 10.4 Å². The number of nitrogens with one attached hydrogen (secondary N) is 1. The molecule has 7 heteroatoms. The molecule has 0 aliphatic rings. The molecule has 0 saturated heterocycles. The molecule has 1 rings (SSSR count). The van der Waals surface area contributed by atoms with Crippen molar-refractivity contribution in [1.29, 1.82) is 5.26 Å². The zero-order valence-corrected chi connectivity index (χ0v) is 12.1. The monoisotopic (exact) mass is 296 g/mol. The lowest BCUT2D eigenvalue weighted by Gasteiger charge is -2.14. The molecule has 6 nitrogen and oxygen atoms in total. The van der Waals surface area contributed by atoms with E-state index in [-0.39, 0.29) is 16.9 Å². The van der Waals surface area contributed by atoms with Crippen molar-refractivity contribution in [3.63, 3.8) is 0 Å². The average molecular weight is 296 g/mol. The summed E-state index contributed by atoms with van der Waals surface area (Å²) >= 11 is 0. The minimum Gasteiger partial charge on any atom is -0.478 e. The first-order valence-electron chi connectivity index (χ1n) is 6.07. The van der Waals surface area contributed by atoms with Crippen LogP contribution in [0.1, 0.15) is 36.2 Å². The summed E-state index contributed by atoms with van der Waals surface area (Å²) in [6, 6.07) is 5.35. The van der Waals surface area contributed by atoms with E-state index >= 15 is 0 Å². The molecule has 1 aromatic carbocycles. The summed E-state index contributed by atoms with van der Waals surface area (Å²) in [5.74, 6) is -1.19. The zero-order chi connectivity index (χ0) is 15.3. The number of carbonyl (C=O) groups is 1. The van der Waals surface area contributed by atoms with Crippen LogP contribution in [0.2, 0.25) is 0 Å². The lowest BCUT2D eigenvalue weighted by molar-refractivity contribution is 0.0696. The van der Waals surface area contributed by atoms with E-state index in [9.17, 15) is 13.2 Å². The van der Waals surface area contributed by atoms with Crippen molar-refractivity contribution >= 4 is 16.0 Å². The molecule has 0 fully saturated rings. The summed E-state index contributed by atoms with van der Waals surface area (Å²) in [6.07, 6.45) is 0.502. The first kappa shape index (κ1) is 16.1. The smallest absolute Gasteiger partial charge is 0.335 e. The molecule has 0 heterocycles. The fourth-order valence-electron chi connectivity index (χ4n) is 1.74. The van der Waals surface area contributed by atoms with Gasteiger partial charge in [-0.05, 0) is 31.0 Å². The van der Waals surface area contributed by atoms with Crippen LogP contribution >= 0.6 is 0 Å². The second-order valence-corrected chi connectivity index (χ2v) is 6.05. The van der Waals surface area contributed by atoms with E-state index in [1.165, 1.54) is 12.1 Å². The van der Waals surface area contributed by atoms with Gasteiger partial charge in [-0.25, -0.2) is 17.9 Å². The molecule has 108 valence electrons. The Morgan fingerprint density at radius 3 is 2.65 bits per heavy atom. The highest BCUT2D eigenvalue weighted by molar-refractivity contribution is 7.89. The van der Waals surface area contributed by atoms with Crippen LogP contribution in [0.5, 0.6) is 0 Å². The number of carboxylic acids is 1. The van der Waals surface area contributed by atoms with Crippen LogP contribution in [0.15, 0.2) is 23.1 Å². The number of nitrogens with zero attached hydrogens (tertiary/aromatic N) is 1. The van der Waals surface area contributed by atoms with E-state index in [0.29, 0.717) is 12.0 Å². The number of benzene rings is 1. The second-order valence-electron chi connectivity index (χ2n) is 4.37. The molecule has 1 aromatic rings. The van der Waals surface area contributed by atoms with Crippen molar-refractivity contribution in [2.24, 2.45) is 0 Å². The molecular weight excluding hydrogens is 280 g/mol. The summed E-state index contributed by atoms with van der Waals surface area (Å²) < 4.78 is 26.9. The van der Waals surface area contributed by atoms with Gasteiger partial charge in [-0.2, -0.15) is 5.26 Å². The molecule has 0 amide bonds. The van der Waals surface area contributed by atoms with E-state index in [1.54, 1.807) is 13.8 Å². The molecule has 0 saturated carbocycles. The maximum Gasteiger partial charge on any atom is 0.335 e. The molecule has 1 atom stereocenters. The average Bonchev–Trinajstić information content (AvgIpc) is 2.37. The molecular formula is C13H16N2O4S. The van der Waals surface area contributed by atoms with Gasteiger partial charge in [0.15, 0.2) is 0 Å². The molecule has 0 bridgehead atoms. The van der Waals surface area contributed by atoms with Gasteiger partial charge in [-0.1, -0.05) is 13.0 Å². The van der Waals surface area contributed by atoms with Crippen LogP contribution in [0.4, 0.5) is 0 Å². The van der Waals surface area contributed by atoms with Crippen LogP contribution in [0.3, 0.4) is 0 Å². The summed E-state index contributed by atoms with van der Waals surface area (Å²) in [5, 5.41) is 17.5. The van der Waals surface area contributed by atoms with Gasteiger partial charge in [0.1, 0.15) is 0 Å². The maximum atomic E-state index is 12.3. The van der Waals surface area contributed by atoms with Gasteiger partial charge >= 0.3 is 5.97 Å². The van der Waals surface area contributed by atoms with Gasteiger partial charge in [0, 0.05) is 6.04 Å². The van der Waals surface area contributed by atoms with Crippen LogP contribution in [-0.4, -0.2) is 25.5 Å². The van der Waals surface area contributed by atoms with Crippen LogP contribution in [0, 0.1) is 11.3 Å². The summed E-state index contributed by atoms with van der Waals surface area (Å²) in [6.45, 7) is 3.36. The summed E-state index contributed by atoms with van der Waals surface area (Å²) in [5.41, 5.74) is 0.446.